The fourth-order valence-electron chi connectivity index (χ4n) is 3.38. The van der Waals surface area contributed by atoms with Gasteiger partial charge in [0, 0.05) is 11.8 Å². The Morgan fingerprint density at radius 1 is 1.00 bits per heavy atom. The van der Waals surface area contributed by atoms with Gasteiger partial charge < -0.3 is 10.1 Å². The third-order valence-electron chi connectivity index (χ3n) is 4.97. The summed E-state index contributed by atoms with van der Waals surface area (Å²) in [5.74, 6) is 0.0608. The third-order valence-corrected chi connectivity index (χ3v) is 4.97. The van der Waals surface area contributed by atoms with Crippen molar-refractivity contribution in [3.8, 4) is 17.6 Å². The lowest BCUT2D eigenvalue weighted by Crippen LogP contribution is -2.02. The number of benzene rings is 3. The number of carbonyl (C=O) groups is 1. The molecule has 10 heteroatoms. The standard InChI is InChI=1S/C25H20N4O6/c1-15-10-19(5-4-17(3)30)11-16(2)25(15)35-24-12-21(22(28(31)32)13-23(24)29(33)34)27-20-8-6-18(14-26)7-9-20/h4-13,27H,1-3H3/b5-4+. The maximum Gasteiger partial charge on any atom is 0.318 e. The summed E-state index contributed by atoms with van der Waals surface area (Å²) in [7, 11) is 0. The third kappa shape index (κ3) is 5.85. The number of hydrogen-bond acceptors (Lipinski definition) is 8. The van der Waals surface area contributed by atoms with Gasteiger partial charge in [0.15, 0.2) is 5.78 Å². The Morgan fingerprint density at radius 2 is 1.60 bits per heavy atom. The zero-order valence-corrected chi connectivity index (χ0v) is 19.1. The highest BCUT2D eigenvalue weighted by atomic mass is 16.6. The van der Waals surface area contributed by atoms with Crippen LogP contribution in [0.15, 0.2) is 54.6 Å². The lowest BCUT2D eigenvalue weighted by molar-refractivity contribution is -0.394. The molecule has 0 amide bonds. The van der Waals surface area contributed by atoms with Crippen molar-refractivity contribution in [2.75, 3.05) is 5.32 Å². The van der Waals surface area contributed by atoms with Gasteiger partial charge in [0.1, 0.15) is 17.5 Å². The van der Waals surface area contributed by atoms with Crippen LogP contribution in [0.25, 0.3) is 6.08 Å². The number of ketones is 1. The monoisotopic (exact) mass is 472 g/mol. The zero-order chi connectivity index (χ0) is 25.7. The lowest BCUT2D eigenvalue weighted by atomic mass is 10.0. The molecule has 0 fully saturated rings. The predicted octanol–water partition coefficient (Wildman–Crippen LogP) is 6.13. The Balaban J connectivity index is 2.08. The normalized spacial score (nSPS) is 10.6. The van der Waals surface area contributed by atoms with Crippen LogP contribution < -0.4 is 10.1 Å². The molecule has 0 aromatic heterocycles. The second-order valence-electron chi connectivity index (χ2n) is 7.70. The number of nitrogens with one attached hydrogen (secondary N) is 1. The van der Waals surface area contributed by atoms with Gasteiger partial charge in [-0.15, -0.1) is 0 Å². The van der Waals surface area contributed by atoms with Crippen molar-refractivity contribution in [3.63, 3.8) is 0 Å². The van der Waals surface area contributed by atoms with Gasteiger partial charge in [-0.3, -0.25) is 25.0 Å². The molecule has 3 aromatic carbocycles. The average Bonchev–Trinajstić information content (AvgIpc) is 2.80. The quantitative estimate of drug-likeness (QED) is 0.234. The molecule has 3 aromatic rings. The molecule has 0 unspecified atom stereocenters. The highest BCUT2D eigenvalue weighted by Crippen LogP contribution is 2.42. The molecule has 0 aliphatic carbocycles. The van der Waals surface area contributed by atoms with Crippen molar-refractivity contribution in [1.82, 2.24) is 0 Å². The summed E-state index contributed by atoms with van der Waals surface area (Å²) < 4.78 is 5.92. The minimum Gasteiger partial charge on any atom is -0.449 e. The number of ether oxygens (including phenoxy) is 1. The van der Waals surface area contributed by atoms with Crippen molar-refractivity contribution < 1.29 is 19.4 Å². The Kier molecular flexibility index (Phi) is 7.22. The molecular weight excluding hydrogens is 452 g/mol. The van der Waals surface area contributed by atoms with E-state index in [-0.39, 0.29) is 17.2 Å². The predicted molar refractivity (Wildman–Crippen MR) is 130 cm³/mol. The first kappa shape index (κ1) is 24.6. The summed E-state index contributed by atoms with van der Waals surface area (Å²) in [6.07, 6.45) is 3.08. The van der Waals surface area contributed by atoms with E-state index in [0.717, 1.165) is 11.6 Å². The SMILES string of the molecule is CC(=O)/C=C/c1cc(C)c(Oc2cc(Nc3ccc(C#N)cc3)c([N+](=O)[O-])cc2[N+](=O)[O-])c(C)c1. The largest absolute Gasteiger partial charge is 0.449 e. The van der Waals surface area contributed by atoms with Crippen LogP contribution in [0.3, 0.4) is 0 Å². The fraction of sp³-hybridized carbons (Fsp3) is 0.120. The molecule has 35 heavy (non-hydrogen) atoms. The number of nitrogens with zero attached hydrogens (tertiary/aromatic N) is 3. The molecule has 0 saturated carbocycles. The second kappa shape index (κ2) is 10.3. The Labute approximate surface area is 200 Å². The van der Waals surface area contributed by atoms with Crippen LogP contribution in [0.5, 0.6) is 11.5 Å². The Morgan fingerprint density at radius 3 is 2.11 bits per heavy atom. The van der Waals surface area contributed by atoms with Gasteiger partial charge >= 0.3 is 5.69 Å². The number of allylic oxidation sites excluding steroid dienone is 1. The number of nitro benzene ring substituents is 2. The lowest BCUT2D eigenvalue weighted by Gasteiger charge is -2.15. The van der Waals surface area contributed by atoms with Gasteiger partial charge in [-0.25, -0.2) is 0 Å². The number of carbonyl (C=O) groups excluding carboxylic acids is 1. The van der Waals surface area contributed by atoms with E-state index >= 15 is 0 Å². The number of nitriles is 1. The van der Waals surface area contributed by atoms with Crippen LogP contribution in [-0.4, -0.2) is 15.6 Å². The molecule has 0 atom stereocenters. The van der Waals surface area contributed by atoms with E-state index in [1.54, 1.807) is 44.2 Å². The summed E-state index contributed by atoms with van der Waals surface area (Å²) in [5.41, 5.74) is 1.82. The summed E-state index contributed by atoms with van der Waals surface area (Å²) in [4.78, 5) is 33.1. The Bertz CT molecular complexity index is 1380. The van der Waals surface area contributed by atoms with Crippen LogP contribution >= 0.6 is 0 Å². The molecule has 0 bridgehead atoms. The molecule has 10 nitrogen and oxygen atoms in total. The molecular formula is C25H20N4O6. The van der Waals surface area contributed by atoms with Crippen molar-refractivity contribution in [1.29, 1.82) is 5.26 Å². The number of aryl methyl sites for hydroxylation is 2. The highest BCUT2D eigenvalue weighted by Gasteiger charge is 2.27. The van der Waals surface area contributed by atoms with Crippen LogP contribution in [0.2, 0.25) is 0 Å². The molecule has 3 rings (SSSR count). The van der Waals surface area contributed by atoms with Gasteiger partial charge in [0.2, 0.25) is 5.75 Å². The van der Waals surface area contributed by atoms with E-state index < -0.39 is 21.2 Å². The number of rotatable bonds is 8. The van der Waals surface area contributed by atoms with Gasteiger partial charge in [-0.2, -0.15) is 5.26 Å². The smallest absolute Gasteiger partial charge is 0.318 e. The second-order valence-corrected chi connectivity index (χ2v) is 7.70. The van der Waals surface area contributed by atoms with E-state index in [0.29, 0.717) is 28.1 Å². The van der Waals surface area contributed by atoms with Crippen molar-refractivity contribution >= 4 is 34.6 Å². The van der Waals surface area contributed by atoms with E-state index in [9.17, 15) is 25.0 Å². The Hall–Kier alpha value is -5.04. The zero-order valence-electron chi connectivity index (χ0n) is 19.1. The van der Waals surface area contributed by atoms with E-state index in [4.69, 9.17) is 10.00 Å². The fourth-order valence-corrected chi connectivity index (χ4v) is 3.38. The molecule has 0 spiro atoms. The molecule has 0 heterocycles. The molecule has 1 N–H and O–H groups in total. The summed E-state index contributed by atoms with van der Waals surface area (Å²) in [6, 6.07) is 13.7. The van der Waals surface area contributed by atoms with E-state index in [1.165, 1.54) is 31.2 Å². The van der Waals surface area contributed by atoms with Crippen molar-refractivity contribution in [2.45, 2.75) is 20.8 Å². The molecule has 0 saturated heterocycles. The molecule has 0 aliphatic rings. The van der Waals surface area contributed by atoms with E-state index in [2.05, 4.69) is 5.32 Å². The molecule has 0 aliphatic heterocycles. The minimum atomic E-state index is -0.748. The maximum atomic E-state index is 11.7. The number of nitro groups is 2. The van der Waals surface area contributed by atoms with E-state index in [1.807, 2.05) is 6.07 Å². The summed E-state index contributed by atoms with van der Waals surface area (Å²) in [6.45, 7) is 4.94. The molecule has 0 radical (unpaired) electrons. The summed E-state index contributed by atoms with van der Waals surface area (Å²) in [5, 5.41) is 35.2. The van der Waals surface area contributed by atoms with Crippen molar-refractivity contribution in [2.24, 2.45) is 0 Å². The topological polar surface area (TPSA) is 148 Å². The van der Waals surface area contributed by atoms with Gasteiger partial charge in [-0.05, 0) is 79.9 Å². The first-order chi connectivity index (χ1) is 16.6. The first-order valence-electron chi connectivity index (χ1n) is 10.3. The van der Waals surface area contributed by atoms with Crippen LogP contribution in [-0.2, 0) is 4.79 Å². The molecule has 176 valence electrons. The maximum absolute atomic E-state index is 11.7. The minimum absolute atomic E-state index is 0.0170. The van der Waals surface area contributed by atoms with Crippen LogP contribution in [0.1, 0.15) is 29.2 Å². The van der Waals surface area contributed by atoms with Crippen molar-refractivity contribution in [3.05, 3.63) is 97.1 Å². The van der Waals surface area contributed by atoms with Crippen LogP contribution in [0, 0.1) is 45.4 Å². The highest BCUT2D eigenvalue weighted by molar-refractivity contribution is 5.91. The van der Waals surface area contributed by atoms with Gasteiger partial charge in [0.05, 0.1) is 21.5 Å². The number of hydrogen-bond donors (Lipinski definition) is 1. The average molecular weight is 472 g/mol. The number of anilines is 2. The van der Waals surface area contributed by atoms with Crippen LogP contribution in [0.4, 0.5) is 22.7 Å². The van der Waals surface area contributed by atoms with Gasteiger partial charge in [0.25, 0.3) is 5.69 Å². The van der Waals surface area contributed by atoms with Gasteiger partial charge in [-0.1, -0.05) is 6.08 Å². The summed E-state index contributed by atoms with van der Waals surface area (Å²) >= 11 is 0. The first-order valence-corrected chi connectivity index (χ1v) is 10.3.